The minimum atomic E-state index is -0.631. The van der Waals surface area contributed by atoms with E-state index in [1.54, 1.807) is 16.2 Å². The second kappa shape index (κ2) is 6.76. The van der Waals surface area contributed by atoms with Crippen molar-refractivity contribution < 1.29 is 10.0 Å². The third-order valence-corrected chi connectivity index (χ3v) is 3.90. The molecule has 0 atom stereocenters. The van der Waals surface area contributed by atoms with Crippen molar-refractivity contribution in [1.29, 1.82) is 0 Å². The summed E-state index contributed by atoms with van der Waals surface area (Å²) in [6.07, 6.45) is 0. The number of halogens is 1. The van der Waals surface area contributed by atoms with Gasteiger partial charge in [0.25, 0.3) is 5.91 Å². The fourth-order valence-electron chi connectivity index (χ4n) is 2.34. The molecule has 0 saturated carbocycles. The highest BCUT2D eigenvalue weighted by atomic mass is 79.9. The van der Waals surface area contributed by atoms with Crippen LogP contribution in [-0.4, -0.2) is 20.9 Å². The molecule has 6 heteroatoms. The van der Waals surface area contributed by atoms with Gasteiger partial charge in [0.2, 0.25) is 0 Å². The quantitative estimate of drug-likeness (QED) is 0.544. The second-order valence-electron chi connectivity index (χ2n) is 5.01. The number of aromatic nitrogens is 2. The van der Waals surface area contributed by atoms with Crippen molar-refractivity contribution in [2.75, 3.05) is 0 Å². The molecule has 23 heavy (non-hydrogen) atoms. The molecule has 1 amide bonds. The van der Waals surface area contributed by atoms with E-state index in [0.717, 1.165) is 21.3 Å². The fraction of sp³-hybridized carbons (Fsp3) is 0.0588. The molecule has 0 spiro atoms. The molecule has 2 aromatic carbocycles. The van der Waals surface area contributed by atoms with Crippen molar-refractivity contribution in [2.45, 2.75) is 6.54 Å². The maximum atomic E-state index is 11.7. The predicted molar refractivity (Wildman–Crippen MR) is 90.2 cm³/mol. The highest BCUT2D eigenvalue weighted by molar-refractivity contribution is 9.10. The van der Waals surface area contributed by atoms with E-state index in [4.69, 9.17) is 5.21 Å². The summed E-state index contributed by atoms with van der Waals surface area (Å²) >= 11 is 3.45. The van der Waals surface area contributed by atoms with Gasteiger partial charge >= 0.3 is 0 Å². The predicted octanol–water partition coefficient (Wildman–Crippen LogP) is 3.48. The maximum absolute atomic E-state index is 11.7. The zero-order chi connectivity index (χ0) is 16.2. The van der Waals surface area contributed by atoms with Gasteiger partial charge in [-0.05, 0) is 23.8 Å². The lowest BCUT2D eigenvalue weighted by Gasteiger charge is -2.08. The van der Waals surface area contributed by atoms with Crippen LogP contribution in [0.15, 0.2) is 65.1 Å². The van der Waals surface area contributed by atoms with Crippen LogP contribution in [0, 0.1) is 0 Å². The van der Waals surface area contributed by atoms with Crippen molar-refractivity contribution in [3.63, 3.8) is 0 Å². The average molecular weight is 372 g/mol. The molecule has 1 heterocycles. The Morgan fingerprint density at radius 3 is 2.61 bits per heavy atom. The molecule has 0 fully saturated rings. The molecule has 5 nitrogen and oxygen atoms in total. The van der Waals surface area contributed by atoms with E-state index < -0.39 is 5.91 Å². The molecular formula is C17H14BrN3O2. The number of rotatable bonds is 4. The van der Waals surface area contributed by atoms with Crippen molar-refractivity contribution in [3.05, 3.63) is 76.4 Å². The highest BCUT2D eigenvalue weighted by Gasteiger charge is 2.15. The van der Waals surface area contributed by atoms with E-state index in [1.165, 1.54) is 0 Å². The molecule has 1 aromatic heterocycles. The zero-order valence-corrected chi connectivity index (χ0v) is 13.7. The van der Waals surface area contributed by atoms with Gasteiger partial charge in [-0.25, -0.2) is 5.48 Å². The van der Waals surface area contributed by atoms with Gasteiger partial charge in [-0.15, -0.1) is 0 Å². The molecule has 0 radical (unpaired) electrons. The van der Waals surface area contributed by atoms with Gasteiger partial charge in [0, 0.05) is 10.0 Å². The van der Waals surface area contributed by atoms with Crippen LogP contribution in [-0.2, 0) is 6.54 Å². The standard InChI is InChI=1S/C17H14BrN3O2/c18-14-8-4-7-13(9-14)16-10-15(17(22)20-23)19-21(16)11-12-5-2-1-3-6-12/h1-10,23H,11H2,(H,20,22). The average Bonchev–Trinajstić information content (AvgIpc) is 2.99. The summed E-state index contributed by atoms with van der Waals surface area (Å²) in [7, 11) is 0. The van der Waals surface area contributed by atoms with Crippen LogP contribution >= 0.6 is 15.9 Å². The van der Waals surface area contributed by atoms with Gasteiger partial charge in [0.1, 0.15) is 0 Å². The number of carbonyl (C=O) groups is 1. The van der Waals surface area contributed by atoms with E-state index in [0.29, 0.717) is 6.54 Å². The Labute approximate surface area is 141 Å². The smallest absolute Gasteiger partial charge is 0.288 e. The lowest BCUT2D eigenvalue weighted by atomic mass is 10.1. The number of nitrogens with zero attached hydrogens (tertiary/aromatic N) is 2. The second-order valence-corrected chi connectivity index (χ2v) is 5.93. The first-order valence-electron chi connectivity index (χ1n) is 6.99. The van der Waals surface area contributed by atoms with Crippen LogP contribution in [0.2, 0.25) is 0 Å². The number of hydrogen-bond donors (Lipinski definition) is 2. The molecule has 3 rings (SSSR count). The monoisotopic (exact) mass is 371 g/mol. The Hall–Kier alpha value is -2.44. The Balaban J connectivity index is 2.05. The number of benzene rings is 2. The van der Waals surface area contributed by atoms with Crippen molar-refractivity contribution in [2.24, 2.45) is 0 Å². The Morgan fingerprint density at radius 2 is 1.91 bits per heavy atom. The number of hydrogen-bond acceptors (Lipinski definition) is 3. The molecular weight excluding hydrogens is 358 g/mol. The largest absolute Gasteiger partial charge is 0.295 e. The van der Waals surface area contributed by atoms with Crippen molar-refractivity contribution in [1.82, 2.24) is 15.3 Å². The van der Waals surface area contributed by atoms with Crippen LogP contribution in [0.5, 0.6) is 0 Å². The van der Waals surface area contributed by atoms with Crippen molar-refractivity contribution in [3.8, 4) is 11.3 Å². The first-order chi connectivity index (χ1) is 11.2. The topological polar surface area (TPSA) is 67.2 Å². The van der Waals surface area contributed by atoms with E-state index >= 15 is 0 Å². The summed E-state index contributed by atoms with van der Waals surface area (Å²) in [6.45, 7) is 0.529. The molecule has 0 unspecified atom stereocenters. The van der Waals surface area contributed by atoms with Crippen LogP contribution < -0.4 is 5.48 Å². The molecule has 116 valence electrons. The summed E-state index contributed by atoms with van der Waals surface area (Å²) in [5, 5.41) is 13.1. The van der Waals surface area contributed by atoms with Gasteiger partial charge in [0.15, 0.2) is 5.69 Å². The van der Waals surface area contributed by atoms with E-state index in [-0.39, 0.29) is 5.69 Å². The molecule has 2 N–H and O–H groups in total. The summed E-state index contributed by atoms with van der Waals surface area (Å²) in [5.74, 6) is -0.631. The molecule has 0 saturated heterocycles. The molecule has 0 aliphatic rings. The minimum Gasteiger partial charge on any atom is -0.288 e. The van der Waals surface area contributed by atoms with Crippen LogP contribution in [0.1, 0.15) is 16.1 Å². The zero-order valence-electron chi connectivity index (χ0n) is 12.1. The van der Waals surface area contributed by atoms with Gasteiger partial charge in [-0.3, -0.25) is 14.7 Å². The fourth-order valence-corrected chi connectivity index (χ4v) is 2.74. The molecule has 0 aliphatic carbocycles. The number of hydroxylamine groups is 1. The molecule has 0 bridgehead atoms. The third kappa shape index (κ3) is 3.49. The normalized spacial score (nSPS) is 10.5. The summed E-state index contributed by atoms with van der Waals surface area (Å²) in [4.78, 5) is 11.7. The highest BCUT2D eigenvalue weighted by Crippen LogP contribution is 2.24. The summed E-state index contributed by atoms with van der Waals surface area (Å²) in [6, 6.07) is 19.3. The van der Waals surface area contributed by atoms with Crippen LogP contribution in [0.3, 0.4) is 0 Å². The van der Waals surface area contributed by atoms with Gasteiger partial charge < -0.3 is 0 Å². The van der Waals surface area contributed by atoms with Gasteiger partial charge in [-0.1, -0.05) is 58.4 Å². The number of amides is 1. The van der Waals surface area contributed by atoms with Gasteiger partial charge in [0.05, 0.1) is 12.2 Å². The first kappa shape index (κ1) is 15.5. The summed E-state index contributed by atoms with van der Waals surface area (Å²) < 4.78 is 2.69. The maximum Gasteiger partial charge on any atom is 0.295 e. The molecule has 0 aliphatic heterocycles. The van der Waals surface area contributed by atoms with Crippen molar-refractivity contribution >= 4 is 21.8 Å². The van der Waals surface area contributed by atoms with E-state index in [9.17, 15) is 4.79 Å². The van der Waals surface area contributed by atoms with E-state index in [1.807, 2.05) is 54.6 Å². The molecule has 3 aromatic rings. The minimum absolute atomic E-state index is 0.165. The Morgan fingerprint density at radius 1 is 1.13 bits per heavy atom. The third-order valence-electron chi connectivity index (χ3n) is 3.41. The lowest BCUT2D eigenvalue weighted by Crippen LogP contribution is -2.19. The van der Waals surface area contributed by atoms with E-state index in [2.05, 4.69) is 21.0 Å². The van der Waals surface area contributed by atoms with Gasteiger partial charge in [-0.2, -0.15) is 5.10 Å². The van der Waals surface area contributed by atoms with Crippen LogP contribution in [0.4, 0.5) is 0 Å². The first-order valence-corrected chi connectivity index (χ1v) is 7.79. The number of carbonyl (C=O) groups excluding carboxylic acids is 1. The number of nitrogens with one attached hydrogen (secondary N) is 1. The Bertz CT molecular complexity index is 831. The lowest BCUT2D eigenvalue weighted by molar-refractivity contribution is 0.0700. The Kier molecular flexibility index (Phi) is 4.55. The summed E-state index contributed by atoms with van der Waals surface area (Å²) in [5.41, 5.74) is 4.59. The SMILES string of the molecule is O=C(NO)c1cc(-c2cccc(Br)c2)n(Cc2ccccc2)n1. The van der Waals surface area contributed by atoms with Crippen LogP contribution in [0.25, 0.3) is 11.3 Å².